The second-order valence-corrected chi connectivity index (χ2v) is 6.38. The van der Waals surface area contributed by atoms with Gasteiger partial charge < -0.3 is 25.3 Å². The maximum Gasteiger partial charge on any atom is 0.287 e. The fourth-order valence-electron chi connectivity index (χ4n) is 3.01. The van der Waals surface area contributed by atoms with E-state index in [1.807, 2.05) is 37.3 Å². The first-order valence-electron chi connectivity index (χ1n) is 9.39. The number of para-hydroxylation sites is 1. The molecule has 1 aromatic carbocycles. The van der Waals surface area contributed by atoms with E-state index in [-0.39, 0.29) is 23.6 Å². The van der Waals surface area contributed by atoms with Crippen molar-refractivity contribution in [2.24, 2.45) is 4.99 Å². The lowest BCUT2D eigenvalue weighted by molar-refractivity contribution is -0.117. The quantitative estimate of drug-likeness (QED) is 0.381. The summed E-state index contributed by atoms with van der Waals surface area (Å²) in [5, 5.41) is 9.23. The molecular formula is C20H25N5O3. The number of furan rings is 1. The fourth-order valence-corrected chi connectivity index (χ4v) is 3.01. The van der Waals surface area contributed by atoms with Crippen LogP contribution in [0.1, 0.15) is 23.9 Å². The lowest BCUT2D eigenvalue weighted by Gasteiger charge is -2.19. The number of amides is 2. The van der Waals surface area contributed by atoms with Crippen molar-refractivity contribution in [3.8, 4) is 0 Å². The van der Waals surface area contributed by atoms with E-state index in [4.69, 9.17) is 4.42 Å². The molecule has 0 saturated carbocycles. The number of hydrogen-bond donors (Lipinski definition) is 3. The normalized spacial score (nSPS) is 16.9. The molecule has 3 N–H and O–H groups in total. The van der Waals surface area contributed by atoms with Gasteiger partial charge >= 0.3 is 0 Å². The number of benzene rings is 1. The van der Waals surface area contributed by atoms with E-state index >= 15 is 0 Å². The Hall–Kier alpha value is -3.29. The van der Waals surface area contributed by atoms with Gasteiger partial charge in [0.15, 0.2) is 11.7 Å². The number of rotatable bonds is 7. The smallest absolute Gasteiger partial charge is 0.287 e. The number of guanidine groups is 1. The van der Waals surface area contributed by atoms with Crippen LogP contribution in [-0.2, 0) is 4.79 Å². The molecular weight excluding hydrogens is 358 g/mol. The third-order valence-corrected chi connectivity index (χ3v) is 4.29. The van der Waals surface area contributed by atoms with Crippen LogP contribution in [-0.4, -0.2) is 50.0 Å². The van der Waals surface area contributed by atoms with E-state index in [1.54, 1.807) is 17.0 Å². The van der Waals surface area contributed by atoms with Gasteiger partial charge in [0, 0.05) is 31.7 Å². The lowest BCUT2D eigenvalue weighted by Crippen LogP contribution is -2.45. The molecule has 1 aliphatic heterocycles. The second-order valence-electron chi connectivity index (χ2n) is 6.38. The summed E-state index contributed by atoms with van der Waals surface area (Å²) < 4.78 is 5.05. The van der Waals surface area contributed by atoms with E-state index in [2.05, 4.69) is 20.9 Å². The molecule has 1 fully saturated rings. The van der Waals surface area contributed by atoms with E-state index in [9.17, 15) is 9.59 Å². The molecule has 8 heteroatoms. The van der Waals surface area contributed by atoms with Gasteiger partial charge in [-0.05, 0) is 31.2 Å². The van der Waals surface area contributed by atoms with Crippen molar-refractivity contribution >= 4 is 23.5 Å². The average Bonchev–Trinajstić information content (AvgIpc) is 3.36. The Labute approximate surface area is 164 Å². The van der Waals surface area contributed by atoms with Crippen LogP contribution in [0.3, 0.4) is 0 Å². The van der Waals surface area contributed by atoms with Crippen molar-refractivity contribution in [3.05, 3.63) is 54.5 Å². The Morgan fingerprint density at radius 2 is 2.04 bits per heavy atom. The number of anilines is 1. The van der Waals surface area contributed by atoms with Crippen LogP contribution in [0.15, 0.2) is 58.1 Å². The van der Waals surface area contributed by atoms with Crippen molar-refractivity contribution in [3.63, 3.8) is 0 Å². The summed E-state index contributed by atoms with van der Waals surface area (Å²) in [6.07, 6.45) is 1.87. The van der Waals surface area contributed by atoms with Crippen molar-refractivity contribution < 1.29 is 14.0 Å². The fraction of sp³-hybridized carbons (Fsp3) is 0.350. The van der Waals surface area contributed by atoms with Gasteiger partial charge in [-0.3, -0.25) is 14.6 Å². The minimum atomic E-state index is -0.266. The minimum absolute atomic E-state index is 0.0248. The predicted octanol–water partition coefficient (Wildman–Crippen LogP) is 1.37. The Balaban J connectivity index is 1.50. The molecule has 148 valence electrons. The van der Waals surface area contributed by atoms with Gasteiger partial charge in [-0.2, -0.15) is 0 Å². The van der Waals surface area contributed by atoms with E-state index in [1.165, 1.54) is 6.26 Å². The zero-order valence-electron chi connectivity index (χ0n) is 15.9. The second kappa shape index (κ2) is 9.59. The topological polar surface area (TPSA) is 99.0 Å². The average molecular weight is 383 g/mol. The molecule has 2 amide bonds. The number of carbonyl (C=O) groups excluding carboxylic acids is 2. The monoisotopic (exact) mass is 383 g/mol. The zero-order valence-corrected chi connectivity index (χ0v) is 15.9. The first-order valence-corrected chi connectivity index (χ1v) is 9.39. The van der Waals surface area contributed by atoms with Crippen LogP contribution in [0.25, 0.3) is 0 Å². The van der Waals surface area contributed by atoms with Gasteiger partial charge in [0.2, 0.25) is 5.91 Å². The molecule has 28 heavy (non-hydrogen) atoms. The van der Waals surface area contributed by atoms with Gasteiger partial charge in [-0.15, -0.1) is 0 Å². The number of aliphatic imine (C=N–C) groups is 1. The van der Waals surface area contributed by atoms with Crippen LogP contribution >= 0.6 is 0 Å². The van der Waals surface area contributed by atoms with Gasteiger partial charge in [0.05, 0.1) is 18.8 Å². The predicted molar refractivity (Wildman–Crippen MR) is 107 cm³/mol. The Morgan fingerprint density at radius 3 is 2.75 bits per heavy atom. The highest BCUT2D eigenvalue weighted by atomic mass is 16.3. The van der Waals surface area contributed by atoms with E-state index in [0.29, 0.717) is 38.6 Å². The van der Waals surface area contributed by atoms with Crippen LogP contribution < -0.4 is 20.9 Å². The molecule has 2 heterocycles. The Morgan fingerprint density at radius 1 is 1.21 bits per heavy atom. The summed E-state index contributed by atoms with van der Waals surface area (Å²) in [4.78, 5) is 30.4. The molecule has 3 rings (SSSR count). The number of carbonyl (C=O) groups is 2. The zero-order chi connectivity index (χ0) is 19.8. The summed E-state index contributed by atoms with van der Waals surface area (Å²) in [6, 6.07) is 12.9. The number of nitrogens with zero attached hydrogens (tertiary/aromatic N) is 2. The SMILES string of the molecule is CCNC(=NCCNC(=O)c1ccco1)NC1CC(=O)N(c2ccccc2)C1. The maximum absolute atomic E-state index is 12.3. The molecule has 2 aromatic rings. The highest BCUT2D eigenvalue weighted by molar-refractivity contribution is 5.97. The van der Waals surface area contributed by atoms with Crippen molar-refractivity contribution in [1.82, 2.24) is 16.0 Å². The molecule has 0 radical (unpaired) electrons. The Kier molecular flexibility index (Phi) is 6.67. The summed E-state index contributed by atoms with van der Waals surface area (Å²) >= 11 is 0. The third kappa shape index (κ3) is 5.12. The molecule has 1 unspecified atom stereocenters. The summed E-state index contributed by atoms with van der Waals surface area (Å²) in [7, 11) is 0. The van der Waals surface area contributed by atoms with Gasteiger partial charge in [0.25, 0.3) is 5.91 Å². The van der Waals surface area contributed by atoms with Gasteiger partial charge in [-0.1, -0.05) is 18.2 Å². The molecule has 1 aromatic heterocycles. The number of nitrogens with one attached hydrogen (secondary N) is 3. The van der Waals surface area contributed by atoms with Crippen LogP contribution in [0.4, 0.5) is 5.69 Å². The molecule has 1 atom stereocenters. The summed E-state index contributed by atoms with van der Waals surface area (Å²) in [6.45, 7) is 4.06. The standard InChI is InChI=1S/C20H25N5O3/c1-2-21-20(23-11-10-22-19(27)17-9-6-12-28-17)24-15-13-18(26)25(14-15)16-7-4-3-5-8-16/h3-9,12,15H,2,10-11,13-14H2,1H3,(H,22,27)(H2,21,23,24). The first kappa shape index (κ1) is 19.5. The van der Waals surface area contributed by atoms with Crippen molar-refractivity contribution in [2.45, 2.75) is 19.4 Å². The molecule has 8 nitrogen and oxygen atoms in total. The molecule has 0 spiro atoms. The first-order chi connectivity index (χ1) is 13.7. The van der Waals surface area contributed by atoms with Crippen molar-refractivity contribution in [2.75, 3.05) is 31.1 Å². The largest absolute Gasteiger partial charge is 0.459 e. The molecule has 0 aliphatic carbocycles. The molecule has 1 saturated heterocycles. The molecule has 0 bridgehead atoms. The Bertz CT molecular complexity index is 805. The molecule has 1 aliphatic rings. The van der Waals surface area contributed by atoms with Gasteiger partial charge in [0.1, 0.15) is 0 Å². The number of hydrogen-bond acceptors (Lipinski definition) is 4. The maximum atomic E-state index is 12.3. The van der Waals surface area contributed by atoms with E-state index < -0.39 is 0 Å². The minimum Gasteiger partial charge on any atom is -0.459 e. The highest BCUT2D eigenvalue weighted by Crippen LogP contribution is 2.20. The van der Waals surface area contributed by atoms with Crippen molar-refractivity contribution in [1.29, 1.82) is 0 Å². The summed E-state index contributed by atoms with van der Waals surface area (Å²) in [5.74, 6) is 0.727. The third-order valence-electron chi connectivity index (χ3n) is 4.29. The van der Waals surface area contributed by atoms with Crippen LogP contribution in [0, 0.1) is 0 Å². The van der Waals surface area contributed by atoms with Crippen LogP contribution in [0.5, 0.6) is 0 Å². The summed E-state index contributed by atoms with van der Waals surface area (Å²) in [5.41, 5.74) is 0.902. The lowest BCUT2D eigenvalue weighted by atomic mass is 10.2. The highest BCUT2D eigenvalue weighted by Gasteiger charge is 2.31. The van der Waals surface area contributed by atoms with Gasteiger partial charge in [-0.25, -0.2) is 0 Å². The van der Waals surface area contributed by atoms with Crippen LogP contribution in [0.2, 0.25) is 0 Å². The van der Waals surface area contributed by atoms with E-state index in [0.717, 1.165) is 5.69 Å².